The lowest BCUT2D eigenvalue weighted by Crippen LogP contribution is -2.36. The van der Waals surface area contributed by atoms with Crippen LogP contribution >= 0.6 is 0 Å². The molecule has 370 valence electrons. The smallest absolute Gasteiger partial charge is 0.410 e. The number of amides is 1. The molecule has 0 aliphatic heterocycles. The first kappa shape index (κ1) is 51.4. The van der Waals surface area contributed by atoms with E-state index in [1.54, 1.807) is 64.4 Å². The zero-order valence-corrected chi connectivity index (χ0v) is 41.4. The molecule has 0 saturated carbocycles. The van der Waals surface area contributed by atoms with Gasteiger partial charge in [0.1, 0.15) is 47.4 Å². The first-order valence-electron chi connectivity index (χ1n) is 22.9. The van der Waals surface area contributed by atoms with Gasteiger partial charge in [-0.1, -0.05) is 55.8 Å². The van der Waals surface area contributed by atoms with Crippen LogP contribution in [0.25, 0.3) is 5.65 Å². The van der Waals surface area contributed by atoms with E-state index in [9.17, 15) is 9.90 Å². The zero-order valence-electron chi connectivity index (χ0n) is 41.4. The molecular formula is C52H66N6O11. The average Bonchev–Trinajstić information content (AvgIpc) is 3.78. The topological polar surface area (TPSA) is 170 Å². The van der Waals surface area contributed by atoms with Gasteiger partial charge in [0.25, 0.3) is 0 Å². The molecule has 0 bridgehead atoms. The molecule has 0 saturated heterocycles. The van der Waals surface area contributed by atoms with Crippen molar-refractivity contribution in [3.05, 3.63) is 119 Å². The van der Waals surface area contributed by atoms with Crippen LogP contribution in [0.2, 0.25) is 0 Å². The summed E-state index contributed by atoms with van der Waals surface area (Å²) in [5.74, 6) is 3.55. The number of likely N-dealkylation sites (N-methyl/N-ethyl adjacent to an activating group) is 1. The van der Waals surface area contributed by atoms with Crippen LogP contribution in [0.5, 0.6) is 40.5 Å². The van der Waals surface area contributed by atoms with Crippen molar-refractivity contribution in [2.75, 3.05) is 67.3 Å². The zero-order chi connectivity index (χ0) is 49.5. The van der Waals surface area contributed by atoms with Gasteiger partial charge in [0.05, 0.1) is 67.2 Å². The van der Waals surface area contributed by atoms with E-state index in [1.165, 1.54) is 12.0 Å². The van der Waals surface area contributed by atoms with Crippen molar-refractivity contribution in [2.24, 2.45) is 0 Å². The number of ether oxygens (including phenoxy) is 9. The Bertz CT molecular complexity index is 2530. The molecule has 0 aliphatic carbocycles. The summed E-state index contributed by atoms with van der Waals surface area (Å²) in [4.78, 5) is 26.1. The Hall–Kier alpha value is -6.98. The maximum Gasteiger partial charge on any atom is 0.410 e. The molecule has 2 aromatic heterocycles. The molecule has 0 aliphatic rings. The summed E-state index contributed by atoms with van der Waals surface area (Å²) < 4.78 is 54.7. The van der Waals surface area contributed by atoms with Crippen LogP contribution in [-0.2, 0) is 29.2 Å². The maximum atomic E-state index is 12.6. The number of anilines is 1. The summed E-state index contributed by atoms with van der Waals surface area (Å²) in [6.45, 7) is 9.37. The normalized spacial score (nSPS) is 12.2. The third-order valence-corrected chi connectivity index (χ3v) is 11.1. The summed E-state index contributed by atoms with van der Waals surface area (Å²) in [6, 6.07) is 26.6. The second-order valence-corrected chi connectivity index (χ2v) is 17.2. The lowest BCUT2D eigenvalue weighted by Gasteiger charge is -2.27. The van der Waals surface area contributed by atoms with Gasteiger partial charge in [-0.25, -0.2) is 14.3 Å². The van der Waals surface area contributed by atoms with E-state index in [0.29, 0.717) is 83.3 Å². The standard InChI is InChI=1S/C52H66N6O11/c1-11-16-38(25-27-66-34-35-17-13-12-14-18-35)68-50-54-49(57(32-36-21-23-39(61-6)29-44(36)63-8)33-37-22-24-40(62-7)30-45(37)64-9)48-53-31-42(58(48)55-50)46(59)41-19-15-20-43(47(41)65-10)67-28-26-56(5)51(60)69-52(2,3)4/h12-15,17-24,29-31,38,46,59H,11,16,25-28,32-34H2,1-10H3/t38-,46?/m1/s1. The highest BCUT2D eigenvalue weighted by molar-refractivity contribution is 5.68. The van der Waals surface area contributed by atoms with E-state index in [1.807, 2.05) is 92.4 Å². The Labute approximate surface area is 404 Å². The van der Waals surface area contributed by atoms with Crippen molar-refractivity contribution < 1.29 is 52.5 Å². The number of carbonyl (C=O) groups is 1. The summed E-state index contributed by atoms with van der Waals surface area (Å²) in [5, 5.41) is 17.3. The number of benzene rings is 4. The van der Waals surface area contributed by atoms with Crippen molar-refractivity contribution in [1.82, 2.24) is 24.5 Å². The van der Waals surface area contributed by atoms with Gasteiger partial charge >= 0.3 is 12.1 Å². The highest BCUT2D eigenvalue weighted by Gasteiger charge is 2.28. The number of aliphatic hydroxyl groups is 1. The van der Waals surface area contributed by atoms with Gasteiger partial charge in [-0.15, -0.1) is 5.10 Å². The van der Waals surface area contributed by atoms with Gasteiger partial charge in [0.2, 0.25) is 0 Å². The van der Waals surface area contributed by atoms with Crippen LogP contribution in [0, 0.1) is 0 Å². The van der Waals surface area contributed by atoms with Gasteiger partial charge < -0.3 is 57.5 Å². The quantitative estimate of drug-likeness (QED) is 0.0540. The molecule has 1 N–H and O–H groups in total. The van der Waals surface area contributed by atoms with Crippen LogP contribution in [0.4, 0.5) is 10.6 Å². The van der Waals surface area contributed by atoms with Gasteiger partial charge in [-0.2, -0.15) is 4.98 Å². The summed E-state index contributed by atoms with van der Waals surface area (Å²) in [7, 11) is 9.57. The minimum atomic E-state index is -1.33. The van der Waals surface area contributed by atoms with E-state index in [0.717, 1.165) is 23.1 Å². The van der Waals surface area contributed by atoms with Crippen LogP contribution in [0.3, 0.4) is 0 Å². The molecule has 0 fully saturated rings. The summed E-state index contributed by atoms with van der Waals surface area (Å²) in [5.41, 5.74) is 3.13. The Balaban J connectivity index is 1.42. The number of hydrogen-bond acceptors (Lipinski definition) is 15. The van der Waals surface area contributed by atoms with Gasteiger partial charge in [-0.05, 0) is 63.1 Å². The van der Waals surface area contributed by atoms with Crippen molar-refractivity contribution in [1.29, 1.82) is 0 Å². The van der Waals surface area contributed by atoms with E-state index in [-0.39, 0.29) is 38.4 Å². The predicted molar refractivity (Wildman–Crippen MR) is 261 cm³/mol. The van der Waals surface area contributed by atoms with E-state index in [2.05, 4.69) is 6.92 Å². The third-order valence-electron chi connectivity index (χ3n) is 11.1. The maximum absolute atomic E-state index is 12.6. The Morgan fingerprint density at radius 3 is 2.04 bits per heavy atom. The van der Waals surface area contributed by atoms with E-state index < -0.39 is 17.8 Å². The van der Waals surface area contributed by atoms with Crippen molar-refractivity contribution in [3.8, 4) is 40.5 Å². The molecule has 4 aromatic carbocycles. The lowest BCUT2D eigenvalue weighted by atomic mass is 10.1. The van der Waals surface area contributed by atoms with Crippen LogP contribution in [0.15, 0.2) is 91.1 Å². The summed E-state index contributed by atoms with van der Waals surface area (Å²) >= 11 is 0. The molecule has 17 nitrogen and oxygen atoms in total. The van der Waals surface area contributed by atoms with Crippen molar-refractivity contribution in [2.45, 2.75) is 84.5 Å². The number of aliphatic hydroxyl groups excluding tert-OH is 1. The molecule has 69 heavy (non-hydrogen) atoms. The number of imidazole rings is 1. The second-order valence-electron chi connectivity index (χ2n) is 17.2. The third kappa shape index (κ3) is 13.6. The molecule has 6 rings (SSSR count). The fourth-order valence-electron chi connectivity index (χ4n) is 7.57. The largest absolute Gasteiger partial charge is 0.497 e. The van der Waals surface area contributed by atoms with Crippen LogP contribution in [-0.4, -0.2) is 110 Å². The number of methoxy groups -OCH3 is 5. The van der Waals surface area contributed by atoms with Crippen LogP contribution in [0.1, 0.15) is 81.0 Å². The highest BCUT2D eigenvalue weighted by Crippen LogP contribution is 2.39. The summed E-state index contributed by atoms with van der Waals surface area (Å²) in [6.07, 6.45) is 1.57. The molecule has 1 amide bonds. The van der Waals surface area contributed by atoms with Crippen molar-refractivity contribution >= 4 is 17.6 Å². The highest BCUT2D eigenvalue weighted by atomic mass is 16.6. The predicted octanol–water partition coefficient (Wildman–Crippen LogP) is 8.86. The number of rotatable bonds is 25. The number of aromatic nitrogens is 4. The first-order valence-corrected chi connectivity index (χ1v) is 22.9. The molecule has 6 aromatic rings. The molecular weight excluding hydrogens is 885 g/mol. The molecule has 2 heterocycles. The SMILES string of the molecule is CCC[C@H](CCOCc1ccccc1)Oc1nc(N(Cc2ccc(OC)cc2OC)Cc2ccc(OC)cc2OC)c2ncc(C(O)c3cccc(OCCN(C)C(=O)OC(C)(C)C)c3OC)n2n1. The fourth-order valence-corrected chi connectivity index (χ4v) is 7.57. The number of carbonyl (C=O) groups excluding carboxylic acids is 1. The van der Waals surface area contributed by atoms with E-state index in [4.69, 9.17) is 57.7 Å². The number of para-hydroxylation sites is 1. The molecule has 1 unspecified atom stereocenters. The Morgan fingerprint density at radius 2 is 1.45 bits per heavy atom. The van der Waals surface area contributed by atoms with Crippen LogP contribution < -0.4 is 38.1 Å². The number of fused-ring (bicyclic) bond motifs is 1. The molecule has 17 heteroatoms. The van der Waals surface area contributed by atoms with Gasteiger partial charge in [0, 0.05) is 55.4 Å². The average molecular weight is 951 g/mol. The van der Waals surface area contributed by atoms with Crippen molar-refractivity contribution in [3.63, 3.8) is 0 Å². The number of nitrogens with zero attached hydrogens (tertiary/aromatic N) is 6. The monoisotopic (exact) mass is 950 g/mol. The number of hydrogen-bond donors (Lipinski definition) is 1. The molecule has 2 atom stereocenters. The molecule has 0 radical (unpaired) electrons. The fraction of sp³-hybridized carbons (Fsp3) is 0.423. The van der Waals surface area contributed by atoms with Gasteiger partial charge in [0.15, 0.2) is 23.0 Å². The lowest BCUT2D eigenvalue weighted by molar-refractivity contribution is 0.0277. The van der Waals surface area contributed by atoms with E-state index >= 15 is 0 Å². The Morgan fingerprint density at radius 1 is 0.783 bits per heavy atom. The first-order chi connectivity index (χ1) is 33.3. The molecule has 0 spiro atoms. The minimum Gasteiger partial charge on any atom is -0.497 e. The van der Waals surface area contributed by atoms with Gasteiger partial charge in [-0.3, -0.25) is 0 Å². The Kier molecular flexibility index (Phi) is 18.1. The second kappa shape index (κ2) is 24.3. The minimum absolute atomic E-state index is 0.0667.